The highest BCUT2D eigenvalue weighted by Gasteiger charge is 2.70. The lowest BCUT2D eigenvalue weighted by Gasteiger charge is -2.61. The quantitative estimate of drug-likeness (QED) is 0.439. The molecule has 0 bridgehead atoms. The Labute approximate surface area is 196 Å². The summed E-state index contributed by atoms with van der Waals surface area (Å²) in [6, 6.07) is 0. The van der Waals surface area contributed by atoms with Crippen molar-refractivity contribution in [3.05, 3.63) is 11.6 Å². The number of ether oxygens (including phenoxy) is 1. The number of allylic oxidation sites excluding steroid dienone is 1. The average Bonchev–Trinajstić information content (AvgIpc) is 3.41. The van der Waals surface area contributed by atoms with Crippen LogP contribution in [0, 0.1) is 34.5 Å². The minimum absolute atomic E-state index is 0.0774. The molecule has 1 unspecified atom stereocenters. The van der Waals surface area contributed by atoms with E-state index in [4.69, 9.17) is 4.74 Å². The number of fused-ring (bicyclic) bond motifs is 5. The van der Waals surface area contributed by atoms with Gasteiger partial charge >= 0.3 is 5.97 Å². The highest BCUT2D eigenvalue weighted by atomic mass is 16.6. The molecule has 8 atom stereocenters. The molecule has 184 valence electrons. The maximum atomic E-state index is 13.3. The molecule has 0 spiro atoms. The Morgan fingerprint density at radius 2 is 1.79 bits per heavy atom. The average molecular weight is 461 g/mol. The van der Waals surface area contributed by atoms with Crippen molar-refractivity contribution in [1.29, 1.82) is 0 Å². The highest BCUT2D eigenvalue weighted by molar-refractivity contribution is 5.92. The van der Waals surface area contributed by atoms with Gasteiger partial charge in [0.2, 0.25) is 5.78 Å². The van der Waals surface area contributed by atoms with Crippen LogP contribution in [-0.2, 0) is 14.3 Å². The molecule has 33 heavy (non-hydrogen) atoms. The second kappa shape index (κ2) is 8.17. The van der Waals surface area contributed by atoms with Gasteiger partial charge in [-0.1, -0.05) is 38.3 Å². The minimum Gasteiger partial charge on any atom is -0.450 e. The van der Waals surface area contributed by atoms with Crippen molar-refractivity contribution in [2.24, 2.45) is 34.5 Å². The molecule has 0 radical (unpaired) electrons. The van der Waals surface area contributed by atoms with Gasteiger partial charge in [-0.25, -0.2) is 0 Å². The SMILES string of the molecule is C[C@]12CCC(O)C=C1CC[C@@H]1[C@@H]2[C@@H](O)C[C@@]2(C)[C@H]1CC[C@]2(OC(=O)C1CCCC1)C(=O)CO. The van der Waals surface area contributed by atoms with Gasteiger partial charge in [0.1, 0.15) is 6.61 Å². The van der Waals surface area contributed by atoms with Gasteiger partial charge in [-0.15, -0.1) is 0 Å². The lowest BCUT2D eigenvalue weighted by atomic mass is 9.45. The number of esters is 1. The summed E-state index contributed by atoms with van der Waals surface area (Å²) in [5.74, 6) is -0.402. The molecular weight excluding hydrogens is 420 g/mol. The summed E-state index contributed by atoms with van der Waals surface area (Å²) >= 11 is 0. The second-order valence-corrected chi connectivity index (χ2v) is 12.1. The lowest BCUT2D eigenvalue weighted by molar-refractivity contribution is -0.205. The molecule has 6 heteroatoms. The molecule has 0 aromatic heterocycles. The number of hydrogen-bond acceptors (Lipinski definition) is 6. The fourth-order valence-electron chi connectivity index (χ4n) is 9.05. The van der Waals surface area contributed by atoms with Crippen LogP contribution in [0.5, 0.6) is 0 Å². The van der Waals surface area contributed by atoms with Crippen molar-refractivity contribution in [1.82, 2.24) is 0 Å². The number of aliphatic hydroxyl groups excluding tert-OH is 3. The van der Waals surface area contributed by atoms with E-state index < -0.39 is 35.6 Å². The van der Waals surface area contributed by atoms with E-state index in [2.05, 4.69) is 6.92 Å². The van der Waals surface area contributed by atoms with Gasteiger partial charge in [-0.05, 0) is 81.0 Å². The second-order valence-electron chi connectivity index (χ2n) is 12.1. The predicted molar refractivity (Wildman–Crippen MR) is 122 cm³/mol. The Kier molecular flexibility index (Phi) is 5.81. The Balaban J connectivity index is 1.50. The topological polar surface area (TPSA) is 104 Å². The van der Waals surface area contributed by atoms with Crippen LogP contribution in [0.2, 0.25) is 0 Å². The van der Waals surface area contributed by atoms with Crippen molar-refractivity contribution in [2.45, 2.75) is 102 Å². The van der Waals surface area contributed by atoms with Gasteiger partial charge < -0.3 is 20.1 Å². The number of Topliss-reactive ketones (excluding diaryl/α,β-unsaturated/α-hetero) is 1. The molecule has 4 fully saturated rings. The molecule has 0 heterocycles. The number of carbonyl (C=O) groups is 2. The van der Waals surface area contributed by atoms with E-state index in [1.54, 1.807) is 0 Å². The van der Waals surface area contributed by atoms with E-state index in [0.29, 0.717) is 19.3 Å². The zero-order valence-corrected chi connectivity index (χ0v) is 20.1. The highest BCUT2D eigenvalue weighted by Crippen LogP contribution is 2.68. The summed E-state index contributed by atoms with van der Waals surface area (Å²) in [5.41, 5.74) is -0.908. The molecule has 0 amide bonds. The summed E-state index contributed by atoms with van der Waals surface area (Å²) in [7, 11) is 0. The molecule has 0 aliphatic heterocycles. The van der Waals surface area contributed by atoms with Crippen molar-refractivity contribution < 1.29 is 29.6 Å². The van der Waals surface area contributed by atoms with Crippen LogP contribution < -0.4 is 0 Å². The van der Waals surface area contributed by atoms with Crippen molar-refractivity contribution in [3.8, 4) is 0 Å². The Morgan fingerprint density at radius 1 is 1.06 bits per heavy atom. The van der Waals surface area contributed by atoms with E-state index in [1.807, 2.05) is 13.0 Å². The summed E-state index contributed by atoms with van der Waals surface area (Å²) < 4.78 is 6.18. The minimum atomic E-state index is -1.35. The first-order chi connectivity index (χ1) is 15.7. The maximum Gasteiger partial charge on any atom is 0.309 e. The normalized spacial score (nSPS) is 47.3. The maximum absolute atomic E-state index is 13.3. The monoisotopic (exact) mass is 460 g/mol. The summed E-state index contributed by atoms with van der Waals surface area (Å²) in [5, 5.41) is 31.7. The van der Waals surface area contributed by atoms with Crippen LogP contribution in [-0.4, -0.2) is 51.5 Å². The zero-order valence-electron chi connectivity index (χ0n) is 20.1. The van der Waals surface area contributed by atoms with Gasteiger partial charge in [-0.2, -0.15) is 0 Å². The number of rotatable bonds is 4. The number of carbonyl (C=O) groups excluding carboxylic acids is 2. The molecule has 6 nitrogen and oxygen atoms in total. The van der Waals surface area contributed by atoms with E-state index in [1.165, 1.54) is 5.57 Å². The molecule has 5 aliphatic carbocycles. The van der Waals surface area contributed by atoms with Crippen LogP contribution in [0.1, 0.15) is 84.5 Å². The molecule has 3 N–H and O–H groups in total. The Bertz CT molecular complexity index is 846. The van der Waals surface area contributed by atoms with E-state index >= 15 is 0 Å². The Morgan fingerprint density at radius 3 is 2.48 bits per heavy atom. The summed E-state index contributed by atoms with van der Waals surface area (Å²) in [4.78, 5) is 26.4. The van der Waals surface area contributed by atoms with Gasteiger partial charge in [0.15, 0.2) is 5.60 Å². The van der Waals surface area contributed by atoms with Gasteiger partial charge in [-0.3, -0.25) is 9.59 Å². The fraction of sp³-hybridized carbons (Fsp3) is 0.852. The zero-order chi connectivity index (χ0) is 23.6. The van der Waals surface area contributed by atoms with Gasteiger partial charge in [0.05, 0.1) is 18.1 Å². The smallest absolute Gasteiger partial charge is 0.309 e. The standard InChI is InChI=1S/C27H40O6/c1-25-11-9-18(29)13-17(25)7-8-19-20-10-12-27(22(31)15-28,26(20,2)14-21(30)23(19)25)33-24(32)16-5-3-4-6-16/h13,16,18-21,23,28-30H,3-12,14-15H2,1-2H3/t18?,19-,20-,21-,23+,25-,26-,27-/m0/s1. The Hall–Kier alpha value is -1.24. The van der Waals surface area contributed by atoms with Gasteiger partial charge in [0, 0.05) is 5.41 Å². The molecule has 0 saturated heterocycles. The molecule has 5 aliphatic rings. The first-order valence-corrected chi connectivity index (χ1v) is 13.1. The number of aliphatic hydroxyl groups is 3. The summed E-state index contributed by atoms with van der Waals surface area (Å²) in [6.45, 7) is 3.62. The van der Waals surface area contributed by atoms with Crippen LogP contribution in [0.25, 0.3) is 0 Å². The van der Waals surface area contributed by atoms with E-state index in [9.17, 15) is 24.9 Å². The number of hydrogen-bond donors (Lipinski definition) is 3. The van der Waals surface area contributed by atoms with Crippen molar-refractivity contribution in [3.63, 3.8) is 0 Å². The van der Waals surface area contributed by atoms with Gasteiger partial charge in [0.25, 0.3) is 0 Å². The molecule has 0 aromatic rings. The van der Waals surface area contributed by atoms with Crippen LogP contribution in [0.15, 0.2) is 11.6 Å². The third-order valence-corrected chi connectivity index (χ3v) is 10.7. The van der Waals surface area contributed by atoms with Crippen LogP contribution >= 0.6 is 0 Å². The molecule has 5 rings (SSSR count). The van der Waals surface area contributed by atoms with E-state index in [-0.39, 0.29) is 35.1 Å². The number of ketones is 1. The first kappa shape index (κ1) is 23.5. The molecule has 4 saturated carbocycles. The van der Waals surface area contributed by atoms with Crippen molar-refractivity contribution in [2.75, 3.05) is 6.61 Å². The van der Waals surface area contributed by atoms with Crippen molar-refractivity contribution >= 4 is 11.8 Å². The van der Waals surface area contributed by atoms with E-state index in [0.717, 1.165) is 51.4 Å². The third kappa shape index (κ3) is 3.30. The predicted octanol–water partition coefficient (Wildman–Crippen LogP) is 3.31. The summed E-state index contributed by atoms with van der Waals surface area (Å²) in [6.07, 6.45) is 9.59. The largest absolute Gasteiger partial charge is 0.450 e. The third-order valence-electron chi connectivity index (χ3n) is 10.7. The molecule has 0 aromatic carbocycles. The lowest BCUT2D eigenvalue weighted by Crippen LogP contribution is -2.63. The first-order valence-electron chi connectivity index (χ1n) is 13.1. The van der Waals surface area contributed by atoms with Crippen LogP contribution in [0.4, 0.5) is 0 Å². The van der Waals surface area contributed by atoms with Crippen LogP contribution in [0.3, 0.4) is 0 Å². The fourth-order valence-corrected chi connectivity index (χ4v) is 9.05. The molecular formula is C27H40O6.